The molecule has 0 spiro atoms. The number of nitrogens with zero attached hydrogens (tertiary/aromatic N) is 1. The van der Waals surface area contributed by atoms with E-state index in [-0.39, 0.29) is 27.4 Å². The lowest BCUT2D eigenvalue weighted by Crippen LogP contribution is -2.09. The zero-order valence-electron chi connectivity index (χ0n) is 17.7. The van der Waals surface area contributed by atoms with Gasteiger partial charge in [-0.05, 0) is 60.0 Å². The number of hydrogen-bond acceptors (Lipinski definition) is 5. The minimum Gasteiger partial charge on any atom is -0.493 e. The molecule has 32 heavy (non-hydrogen) atoms. The third-order valence-electron chi connectivity index (χ3n) is 4.28. The first-order valence-corrected chi connectivity index (χ1v) is 11.4. The highest BCUT2D eigenvalue weighted by molar-refractivity contribution is 7.91. The molecule has 0 bridgehead atoms. The van der Waals surface area contributed by atoms with Crippen molar-refractivity contribution >= 4 is 27.5 Å². The molecule has 1 heterocycles. The quantitative estimate of drug-likeness (QED) is 0.497. The van der Waals surface area contributed by atoms with Crippen LogP contribution in [0.3, 0.4) is 0 Å². The van der Waals surface area contributed by atoms with Crippen molar-refractivity contribution in [2.75, 3.05) is 11.9 Å². The smallest absolute Gasteiger partial charge is 0.248 e. The third-order valence-corrected chi connectivity index (χ3v) is 6.03. The van der Waals surface area contributed by atoms with Crippen LogP contribution in [-0.4, -0.2) is 25.9 Å². The van der Waals surface area contributed by atoms with Gasteiger partial charge in [-0.3, -0.25) is 9.78 Å². The third kappa shape index (κ3) is 6.24. The fourth-order valence-corrected chi connectivity index (χ4v) is 4.03. The maximum atomic E-state index is 14.0. The van der Waals surface area contributed by atoms with E-state index in [9.17, 15) is 17.6 Å². The number of carbonyl (C=O) groups excluding carboxylic acids is 1. The number of sulfone groups is 1. The van der Waals surface area contributed by atoms with Gasteiger partial charge in [0.15, 0.2) is 0 Å². The lowest BCUT2D eigenvalue weighted by atomic mass is 10.2. The van der Waals surface area contributed by atoms with Gasteiger partial charge in [-0.2, -0.15) is 0 Å². The largest absolute Gasteiger partial charge is 0.493 e. The Morgan fingerprint density at radius 2 is 1.88 bits per heavy atom. The van der Waals surface area contributed by atoms with E-state index in [0.717, 1.165) is 17.7 Å². The molecule has 2 aromatic carbocycles. The van der Waals surface area contributed by atoms with Crippen LogP contribution in [0.25, 0.3) is 6.08 Å². The molecule has 0 aliphatic carbocycles. The molecule has 1 N–H and O–H groups in total. The average Bonchev–Trinajstić information content (AvgIpc) is 2.77. The number of carbonyl (C=O) groups is 1. The summed E-state index contributed by atoms with van der Waals surface area (Å²) >= 11 is 0. The lowest BCUT2D eigenvalue weighted by molar-refractivity contribution is -0.111. The number of rotatable bonds is 8. The van der Waals surface area contributed by atoms with Crippen LogP contribution in [0, 0.1) is 11.7 Å². The van der Waals surface area contributed by atoms with Gasteiger partial charge in [0.1, 0.15) is 11.6 Å². The second-order valence-electron chi connectivity index (χ2n) is 7.46. The molecule has 3 aromatic rings. The number of amides is 1. The first kappa shape index (κ1) is 23.1. The van der Waals surface area contributed by atoms with E-state index in [1.807, 2.05) is 19.9 Å². The van der Waals surface area contributed by atoms with Gasteiger partial charge >= 0.3 is 0 Å². The van der Waals surface area contributed by atoms with Crippen molar-refractivity contribution in [3.05, 3.63) is 84.4 Å². The van der Waals surface area contributed by atoms with Crippen LogP contribution in [0.4, 0.5) is 10.1 Å². The normalized spacial score (nSPS) is 11.6. The average molecular weight is 455 g/mol. The van der Waals surface area contributed by atoms with Crippen molar-refractivity contribution in [1.29, 1.82) is 0 Å². The molecule has 0 aliphatic rings. The van der Waals surface area contributed by atoms with Gasteiger partial charge < -0.3 is 10.1 Å². The standard InChI is InChI=1S/C24H23FN2O4S/c1-17(2)16-31-21-12-19(25)13-23(14-21)32(29,30)22-8-6-20(7-9-22)27-24(28)10-5-18-4-3-11-26-15-18/h3-15,17H,16H2,1-2H3,(H,27,28)/b10-5+. The highest BCUT2D eigenvalue weighted by atomic mass is 32.2. The van der Waals surface area contributed by atoms with E-state index in [2.05, 4.69) is 10.3 Å². The van der Waals surface area contributed by atoms with Gasteiger partial charge in [0.2, 0.25) is 15.7 Å². The van der Waals surface area contributed by atoms with E-state index in [1.165, 1.54) is 36.4 Å². The Hall–Kier alpha value is -3.52. The van der Waals surface area contributed by atoms with Gasteiger partial charge in [0, 0.05) is 30.2 Å². The van der Waals surface area contributed by atoms with E-state index in [0.29, 0.717) is 12.3 Å². The molecule has 3 rings (SSSR count). The number of hydrogen-bond donors (Lipinski definition) is 1. The van der Waals surface area contributed by atoms with Crippen LogP contribution in [0.1, 0.15) is 19.4 Å². The molecular weight excluding hydrogens is 431 g/mol. The predicted octanol–water partition coefficient (Wildman–Crippen LogP) is 4.74. The first-order valence-electron chi connectivity index (χ1n) is 9.91. The molecule has 1 amide bonds. The van der Waals surface area contributed by atoms with Crippen LogP contribution in [-0.2, 0) is 14.6 Å². The molecule has 6 nitrogen and oxygen atoms in total. The van der Waals surface area contributed by atoms with Gasteiger partial charge in [0.05, 0.1) is 16.4 Å². The second-order valence-corrected chi connectivity index (χ2v) is 9.41. The topological polar surface area (TPSA) is 85.4 Å². The minimum atomic E-state index is -3.97. The maximum absolute atomic E-state index is 14.0. The summed E-state index contributed by atoms with van der Waals surface area (Å²) in [7, 11) is -3.97. The molecule has 166 valence electrons. The first-order chi connectivity index (χ1) is 15.2. The van der Waals surface area contributed by atoms with Crippen molar-refractivity contribution in [3.63, 3.8) is 0 Å². The summed E-state index contributed by atoms with van der Waals surface area (Å²) in [6.07, 6.45) is 6.22. The number of benzene rings is 2. The fraction of sp³-hybridized carbons (Fsp3) is 0.167. The number of anilines is 1. The molecule has 0 fully saturated rings. The van der Waals surface area contributed by atoms with Crippen molar-refractivity contribution in [3.8, 4) is 5.75 Å². The van der Waals surface area contributed by atoms with Crippen molar-refractivity contribution < 1.29 is 22.3 Å². The summed E-state index contributed by atoms with van der Waals surface area (Å²) in [6, 6.07) is 12.6. The Morgan fingerprint density at radius 1 is 1.12 bits per heavy atom. The van der Waals surface area contributed by atoms with E-state index >= 15 is 0 Å². The van der Waals surface area contributed by atoms with Crippen molar-refractivity contribution in [2.45, 2.75) is 23.6 Å². The second kappa shape index (κ2) is 10.2. The molecule has 0 aliphatic heterocycles. The zero-order valence-corrected chi connectivity index (χ0v) is 18.5. The SMILES string of the molecule is CC(C)COc1cc(F)cc(S(=O)(=O)c2ccc(NC(=O)/C=C/c3cccnc3)cc2)c1. The summed E-state index contributed by atoms with van der Waals surface area (Å²) in [5.41, 5.74) is 1.20. The maximum Gasteiger partial charge on any atom is 0.248 e. The molecule has 1 aromatic heterocycles. The van der Waals surface area contributed by atoms with Gasteiger partial charge in [-0.1, -0.05) is 19.9 Å². The highest BCUT2D eigenvalue weighted by Gasteiger charge is 2.20. The van der Waals surface area contributed by atoms with Crippen molar-refractivity contribution in [1.82, 2.24) is 4.98 Å². The number of aromatic nitrogens is 1. The molecule has 8 heteroatoms. The monoisotopic (exact) mass is 454 g/mol. The Bertz CT molecular complexity index is 1210. The predicted molar refractivity (Wildman–Crippen MR) is 121 cm³/mol. The van der Waals surface area contributed by atoms with E-state index < -0.39 is 15.7 Å². The van der Waals surface area contributed by atoms with Gasteiger partial charge in [-0.25, -0.2) is 12.8 Å². The minimum absolute atomic E-state index is 0.0261. The lowest BCUT2D eigenvalue weighted by Gasteiger charge is -2.11. The van der Waals surface area contributed by atoms with Crippen LogP contribution in [0.5, 0.6) is 5.75 Å². The van der Waals surface area contributed by atoms with Crippen LogP contribution in [0.2, 0.25) is 0 Å². The van der Waals surface area contributed by atoms with Crippen LogP contribution < -0.4 is 10.1 Å². The summed E-state index contributed by atoms with van der Waals surface area (Å²) in [6.45, 7) is 4.21. The molecular formula is C24H23FN2O4S. The molecule has 0 saturated carbocycles. The summed E-state index contributed by atoms with van der Waals surface area (Å²) in [5.74, 6) is -0.711. The van der Waals surface area contributed by atoms with E-state index in [1.54, 1.807) is 24.5 Å². The molecule has 0 radical (unpaired) electrons. The fourth-order valence-electron chi connectivity index (χ4n) is 2.72. The van der Waals surface area contributed by atoms with Gasteiger partial charge in [-0.15, -0.1) is 0 Å². The molecule has 0 unspecified atom stereocenters. The van der Waals surface area contributed by atoms with Crippen LogP contribution in [0.15, 0.2) is 82.9 Å². The zero-order chi connectivity index (χ0) is 23.1. The summed E-state index contributed by atoms with van der Waals surface area (Å²) in [4.78, 5) is 15.8. The molecule has 0 saturated heterocycles. The number of pyridine rings is 1. The van der Waals surface area contributed by atoms with E-state index in [4.69, 9.17) is 4.74 Å². The number of halogens is 1. The highest BCUT2D eigenvalue weighted by Crippen LogP contribution is 2.27. The summed E-state index contributed by atoms with van der Waals surface area (Å²) < 4.78 is 45.4. The number of nitrogens with one attached hydrogen (secondary N) is 1. The number of ether oxygens (including phenoxy) is 1. The Labute approximate surface area is 186 Å². The Kier molecular flexibility index (Phi) is 7.37. The Balaban J connectivity index is 1.73. The summed E-state index contributed by atoms with van der Waals surface area (Å²) in [5, 5.41) is 2.66. The Morgan fingerprint density at radius 3 is 2.53 bits per heavy atom. The van der Waals surface area contributed by atoms with Crippen molar-refractivity contribution in [2.24, 2.45) is 5.92 Å². The molecule has 0 atom stereocenters. The van der Waals surface area contributed by atoms with Gasteiger partial charge in [0.25, 0.3) is 0 Å². The van der Waals surface area contributed by atoms with Crippen LogP contribution >= 0.6 is 0 Å².